The zero-order chi connectivity index (χ0) is 16.4. The minimum Gasteiger partial charge on any atom is -0.340 e. The van der Waals surface area contributed by atoms with Crippen LogP contribution in [0.5, 0.6) is 0 Å². The van der Waals surface area contributed by atoms with E-state index in [4.69, 9.17) is 0 Å². The minimum atomic E-state index is -0.684. The fourth-order valence-corrected chi connectivity index (χ4v) is 3.13. The lowest BCUT2D eigenvalue weighted by Gasteiger charge is -2.22. The van der Waals surface area contributed by atoms with Gasteiger partial charge in [-0.05, 0) is 36.9 Å². The van der Waals surface area contributed by atoms with Gasteiger partial charge in [0, 0.05) is 6.42 Å². The van der Waals surface area contributed by atoms with Crippen LogP contribution in [0.25, 0.3) is 10.6 Å². The van der Waals surface area contributed by atoms with E-state index < -0.39 is 11.9 Å². The number of aromatic nitrogens is 1. The van der Waals surface area contributed by atoms with Crippen molar-refractivity contribution in [3.05, 3.63) is 40.9 Å². The standard InChI is InChI=1S/C16H15N3O3S/c1-9-10(4-5-11(17-9)13-3-2-8-23-13)15(21)18-12-6-7-14(20)19-16(12)22/h2-5,8,12H,6-7H2,1H3,(H,18,21)(H,19,20,22). The molecule has 6 nitrogen and oxygen atoms in total. The molecule has 0 aromatic carbocycles. The number of aryl methyl sites for hydroxylation is 1. The second-order valence-corrected chi connectivity index (χ2v) is 6.23. The van der Waals surface area contributed by atoms with E-state index in [1.54, 1.807) is 30.4 Å². The molecule has 2 aromatic heterocycles. The molecule has 0 radical (unpaired) electrons. The fourth-order valence-electron chi connectivity index (χ4n) is 2.43. The summed E-state index contributed by atoms with van der Waals surface area (Å²) in [6.07, 6.45) is 0.543. The van der Waals surface area contributed by atoms with Crippen molar-refractivity contribution in [3.8, 4) is 10.6 Å². The summed E-state index contributed by atoms with van der Waals surface area (Å²) in [7, 11) is 0. The van der Waals surface area contributed by atoms with Crippen LogP contribution in [0.3, 0.4) is 0 Å². The number of nitrogens with zero attached hydrogens (tertiary/aromatic N) is 1. The van der Waals surface area contributed by atoms with E-state index in [2.05, 4.69) is 15.6 Å². The molecule has 23 heavy (non-hydrogen) atoms. The SMILES string of the molecule is Cc1nc(-c2cccs2)ccc1C(=O)NC1CCC(=O)NC1=O. The van der Waals surface area contributed by atoms with Crippen LogP contribution in [-0.2, 0) is 9.59 Å². The van der Waals surface area contributed by atoms with Gasteiger partial charge in [-0.25, -0.2) is 0 Å². The first-order chi connectivity index (χ1) is 11.0. The summed E-state index contributed by atoms with van der Waals surface area (Å²) < 4.78 is 0. The monoisotopic (exact) mass is 329 g/mol. The molecule has 3 heterocycles. The van der Waals surface area contributed by atoms with E-state index in [1.807, 2.05) is 17.5 Å². The largest absolute Gasteiger partial charge is 0.340 e. The number of thiophene rings is 1. The van der Waals surface area contributed by atoms with E-state index in [0.717, 1.165) is 10.6 Å². The zero-order valence-corrected chi connectivity index (χ0v) is 13.3. The predicted octanol–water partition coefficient (Wildman–Crippen LogP) is 1.65. The number of carbonyl (C=O) groups excluding carboxylic acids is 3. The van der Waals surface area contributed by atoms with Crippen molar-refractivity contribution in [2.45, 2.75) is 25.8 Å². The molecule has 3 rings (SSSR count). The van der Waals surface area contributed by atoms with E-state index in [1.165, 1.54) is 0 Å². The van der Waals surface area contributed by atoms with Gasteiger partial charge in [-0.2, -0.15) is 0 Å². The van der Waals surface area contributed by atoms with Crippen molar-refractivity contribution in [3.63, 3.8) is 0 Å². The summed E-state index contributed by atoms with van der Waals surface area (Å²) in [5.74, 6) is -1.13. The molecule has 1 unspecified atom stereocenters. The summed E-state index contributed by atoms with van der Waals surface area (Å²) in [5, 5.41) is 6.85. The van der Waals surface area contributed by atoms with Gasteiger partial charge >= 0.3 is 0 Å². The maximum atomic E-state index is 12.3. The topological polar surface area (TPSA) is 88.2 Å². The summed E-state index contributed by atoms with van der Waals surface area (Å²) in [5.41, 5.74) is 1.84. The number of carbonyl (C=O) groups is 3. The number of pyridine rings is 1. The fraction of sp³-hybridized carbons (Fsp3) is 0.250. The van der Waals surface area contributed by atoms with Gasteiger partial charge in [0.15, 0.2) is 0 Å². The molecule has 1 aliphatic heterocycles. The normalized spacial score (nSPS) is 17.7. The number of rotatable bonds is 3. The molecule has 0 saturated carbocycles. The Morgan fingerprint density at radius 2 is 2.17 bits per heavy atom. The van der Waals surface area contributed by atoms with Crippen LogP contribution in [0.4, 0.5) is 0 Å². The number of imide groups is 1. The van der Waals surface area contributed by atoms with E-state index in [9.17, 15) is 14.4 Å². The molecule has 1 fully saturated rings. The molecule has 118 valence electrons. The highest BCUT2D eigenvalue weighted by atomic mass is 32.1. The van der Waals surface area contributed by atoms with Gasteiger partial charge in [0.25, 0.3) is 5.91 Å². The highest BCUT2D eigenvalue weighted by Crippen LogP contribution is 2.23. The summed E-state index contributed by atoms with van der Waals surface area (Å²) in [6, 6.07) is 6.73. The van der Waals surface area contributed by atoms with Gasteiger partial charge in [-0.3, -0.25) is 24.7 Å². The number of nitrogens with one attached hydrogen (secondary N) is 2. The number of hydrogen-bond donors (Lipinski definition) is 2. The molecule has 7 heteroatoms. The molecule has 3 amide bonds. The van der Waals surface area contributed by atoms with Gasteiger partial charge in [0.05, 0.1) is 21.8 Å². The first-order valence-corrected chi connectivity index (χ1v) is 8.08. The second-order valence-electron chi connectivity index (χ2n) is 5.28. The zero-order valence-electron chi connectivity index (χ0n) is 12.5. The van der Waals surface area contributed by atoms with Gasteiger partial charge in [-0.1, -0.05) is 6.07 Å². The number of piperidine rings is 1. The van der Waals surface area contributed by atoms with Crippen LogP contribution < -0.4 is 10.6 Å². The van der Waals surface area contributed by atoms with Crippen LogP contribution >= 0.6 is 11.3 Å². The average Bonchev–Trinajstić information content (AvgIpc) is 3.04. The van der Waals surface area contributed by atoms with E-state index >= 15 is 0 Å². The molecule has 0 aliphatic carbocycles. The van der Waals surface area contributed by atoms with Gasteiger partial charge < -0.3 is 5.32 Å². The number of hydrogen-bond acceptors (Lipinski definition) is 5. The Morgan fingerprint density at radius 1 is 1.35 bits per heavy atom. The maximum absolute atomic E-state index is 12.3. The van der Waals surface area contributed by atoms with Gasteiger partial charge in [0.2, 0.25) is 11.8 Å². The summed E-state index contributed by atoms with van der Waals surface area (Å²) >= 11 is 1.58. The molecular weight excluding hydrogens is 314 g/mol. The highest BCUT2D eigenvalue weighted by molar-refractivity contribution is 7.13. The Kier molecular flexibility index (Phi) is 4.20. The molecule has 2 N–H and O–H groups in total. The third-order valence-electron chi connectivity index (χ3n) is 3.65. The lowest BCUT2D eigenvalue weighted by molar-refractivity contribution is -0.134. The average molecular weight is 329 g/mol. The Hall–Kier alpha value is -2.54. The van der Waals surface area contributed by atoms with Crippen LogP contribution in [-0.4, -0.2) is 28.7 Å². The first kappa shape index (κ1) is 15.4. The van der Waals surface area contributed by atoms with Crippen LogP contribution in [0.1, 0.15) is 28.9 Å². The van der Waals surface area contributed by atoms with Crippen molar-refractivity contribution in [1.82, 2.24) is 15.6 Å². The third-order valence-corrected chi connectivity index (χ3v) is 4.54. The quantitative estimate of drug-likeness (QED) is 0.838. The van der Waals surface area contributed by atoms with Crippen molar-refractivity contribution in [1.29, 1.82) is 0 Å². The van der Waals surface area contributed by atoms with Crippen LogP contribution in [0.15, 0.2) is 29.6 Å². The highest BCUT2D eigenvalue weighted by Gasteiger charge is 2.28. The lowest BCUT2D eigenvalue weighted by atomic mass is 10.1. The maximum Gasteiger partial charge on any atom is 0.253 e. The van der Waals surface area contributed by atoms with Gasteiger partial charge in [-0.15, -0.1) is 11.3 Å². The Labute approximate surface area is 136 Å². The van der Waals surface area contributed by atoms with Crippen molar-refractivity contribution in [2.24, 2.45) is 0 Å². The van der Waals surface area contributed by atoms with E-state index in [-0.39, 0.29) is 18.2 Å². The minimum absolute atomic E-state index is 0.227. The first-order valence-electron chi connectivity index (χ1n) is 7.20. The molecular formula is C16H15N3O3S. The summed E-state index contributed by atoms with van der Waals surface area (Å²) in [4.78, 5) is 40.7. The molecule has 1 aliphatic rings. The predicted molar refractivity (Wildman–Crippen MR) is 85.9 cm³/mol. The molecule has 2 aromatic rings. The van der Waals surface area contributed by atoms with E-state index in [0.29, 0.717) is 17.7 Å². The van der Waals surface area contributed by atoms with Crippen molar-refractivity contribution < 1.29 is 14.4 Å². The van der Waals surface area contributed by atoms with Crippen LogP contribution in [0.2, 0.25) is 0 Å². The summed E-state index contributed by atoms with van der Waals surface area (Å²) in [6.45, 7) is 1.76. The molecule has 0 bridgehead atoms. The molecule has 1 saturated heterocycles. The Bertz CT molecular complexity index is 771. The van der Waals surface area contributed by atoms with Crippen molar-refractivity contribution >= 4 is 29.1 Å². The lowest BCUT2D eigenvalue weighted by Crippen LogP contribution is -2.52. The van der Waals surface area contributed by atoms with Crippen molar-refractivity contribution in [2.75, 3.05) is 0 Å². The smallest absolute Gasteiger partial charge is 0.253 e. The van der Waals surface area contributed by atoms with Gasteiger partial charge in [0.1, 0.15) is 6.04 Å². The molecule has 1 atom stereocenters. The third kappa shape index (κ3) is 3.29. The Morgan fingerprint density at radius 3 is 2.83 bits per heavy atom. The molecule has 0 spiro atoms. The second kappa shape index (κ2) is 6.29. The Balaban J connectivity index is 1.75. The van der Waals surface area contributed by atoms with Crippen LogP contribution in [0, 0.1) is 6.92 Å². The number of amides is 3.